The molecule has 0 aromatic rings. The van der Waals surface area contributed by atoms with Gasteiger partial charge in [-0.15, -0.1) is 0 Å². The smallest absolute Gasteiger partial charge is 0.0130 e. The Morgan fingerprint density at radius 3 is 3.00 bits per heavy atom. The molecule has 2 nitrogen and oxygen atoms in total. The SMILES string of the molecule is CCSCC(C)NCC1CCCN(C)C1. The molecule has 2 atom stereocenters. The van der Waals surface area contributed by atoms with Gasteiger partial charge in [-0.1, -0.05) is 6.92 Å². The first-order chi connectivity index (χ1) is 7.22. The van der Waals surface area contributed by atoms with Crippen LogP contribution in [0, 0.1) is 5.92 Å². The fourth-order valence-electron chi connectivity index (χ4n) is 2.16. The molecule has 15 heavy (non-hydrogen) atoms. The summed E-state index contributed by atoms with van der Waals surface area (Å²) in [4.78, 5) is 2.46. The summed E-state index contributed by atoms with van der Waals surface area (Å²) >= 11 is 2.03. The van der Waals surface area contributed by atoms with Crippen LogP contribution in [0.1, 0.15) is 26.7 Å². The molecule has 90 valence electrons. The van der Waals surface area contributed by atoms with Crippen LogP contribution in [0.4, 0.5) is 0 Å². The van der Waals surface area contributed by atoms with Crippen LogP contribution in [0.25, 0.3) is 0 Å². The monoisotopic (exact) mass is 230 g/mol. The molecular weight excluding hydrogens is 204 g/mol. The summed E-state index contributed by atoms with van der Waals surface area (Å²) in [5, 5.41) is 3.66. The van der Waals surface area contributed by atoms with Crippen molar-refractivity contribution in [2.45, 2.75) is 32.7 Å². The minimum absolute atomic E-state index is 0.669. The van der Waals surface area contributed by atoms with Gasteiger partial charge in [0.2, 0.25) is 0 Å². The van der Waals surface area contributed by atoms with Crippen LogP contribution in [0.2, 0.25) is 0 Å². The molecule has 0 aromatic heterocycles. The maximum atomic E-state index is 3.66. The van der Waals surface area contributed by atoms with E-state index in [0.717, 1.165) is 5.92 Å². The van der Waals surface area contributed by atoms with Crippen molar-refractivity contribution in [2.75, 3.05) is 38.2 Å². The number of hydrogen-bond donors (Lipinski definition) is 1. The van der Waals surface area contributed by atoms with Crippen molar-refractivity contribution < 1.29 is 0 Å². The third kappa shape index (κ3) is 5.79. The van der Waals surface area contributed by atoms with Gasteiger partial charge in [0.25, 0.3) is 0 Å². The quantitative estimate of drug-likeness (QED) is 0.752. The largest absolute Gasteiger partial charge is 0.313 e. The van der Waals surface area contributed by atoms with Crippen molar-refractivity contribution in [2.24, 2.45) is 5.92 Å². The van der Waals surface area contributed by atoms with Gasteiger partial charge < -0.3 is 10.2 Å². The Bertz CT molecular complexity index is 164. The number of hydrogen-bond acceptors (Lipinski definition) is 3. The molecule has 1 rings (SSSR count). The van der Waals surface area contributed by atoms with E-state index in [4.69, 9.17) is 0 Å². The van der Waals surface area contributed by atoms with Crippen molar-refractivity contribution in [1.82, 2.24) is 10.2 Å². The Balaban J connectivity index is 2.07. The maximum Gasteiger partial charge on any atom is 0.0130 e. The van der Waals surface area contributed by atoms with Crippen molar-refractivity contribution in [3.05, 3.63) is 0 Å². The zero-order valence-corrected chi connectivity index (χ0v) is 11.3. The zero-order chi connectivity index (χ0) is 11.1. The molecule has 0 radical (unpaired) electrons. The van der Waals surface area contributed by atoms with Gasteiger partial charge in [0.1, 0.15) is 0 Å². The van der Waals surface area contributed by atoms with Gasteiger partial charge in [-0.2, -0.15) is 11.8 Å². The Morgan fingerprint density at radius 1 is 1.53 bits per heavy atom. The lowest BCUT2D eigenvalue weighted by molar-refractivity contribution is 0.204. The number of likely N-dealkylation sites (tertiary alicyclic amines) is 1. The summed E-state index contributed by atoms with van der Waals surface area (Å²) in [6.07, 6.45) is 2.78. The molecule has 0 bridgehead atoms. The Hall–Kier alpha value is 0.270. The predicted octanol–water partition coefficient (Wildman–Crippen LogP) is 2.06. The summed E-state index contributed by atoms with van der Waals surface area (Å²) in [5.41, 5.74) is 0. The summed E-state index contributed by atoms with van der Waals surface area (Å²) in [6.45, 7) is 8.30. The molecule has 1 N–H and O–H groups in total. The van der Waals surface area contributed by atoms with E-state index in [-0.39, 0.29) is 0 Å². The predicted molar refractivity (Wildman–Crippen MR) is 70.7 cm³/mol. The van der Waals surface area contributed by atoms with Gasteiger partial charge in [0, 0.05) is 18.3 Å². The second kappa shape index (κ2) is 7.53. The molecule has 2 unspecified atom stereocenters. The normalized spacial score (nSPS) is 25.4. The number of piperidine rings is 1. The fourth-order valence-corrected chi connectivity index (χ4v) is 2.87. The van der Waals surface area contributed by atoms with E-state index in [1.807, 2.05) is 11.8 Å². The topological polar surface area (TPSA) is 15.3 Å². The standard InChI is InChI=1S/C12H26N2S/c1-4-15-10-11(2)13-8-12-6-5-7-14(3)9-12/h11-13H,4-10H2,1-3H3. The van der Waals surface area contributed by atoms with Gasteiger partial charge in [0.05, 0.1) is 0 Å². The molecule has 1 fully saturated rings. The zero-order valence-electron chi connectivity index (χ0n) is 10.5. The highest BCUT2D eigenvalue weighted by atomic mass is 32.2. The van der Waals surface area contributed by atoms with Gasteiger partial charge >= 0.3 is 0 Å². The highest BCUT2D eigenvalue weighted by Gasteiger charge is 2.17. The molecule has 0 aliphatic carbocycles. The number of thioether (sulfide) groups is 1. The van der Waals surface area contributed by atoms with Crippen LogP contribution >= 0.6 is 11.8 Å². The molecule has 0 amide bonds. The molecule has 1 saturated heterocycles. The van der Waals surface area contributed by atoms with E-state index < -0.39 is 0 Å². The average molecular weight is 230 g/mol. The van der Waals surface area contributed by atoms with Gasteiger partial charge in [0.15, 0.2) is 0 Å². The van der Waals surface area contributed by atoms with Crippen LogP contribution in [-0.4, -0.2) is 49.1 Å². The minimum atomic E-state index is 0.669. The van der Waals surface area contributed by atoms with E-state index >= 15 is 0 Å². The van der Waals surface area contributed by atoms with Crippen LogP contribution in [0.5, 0.6) is 0 Å². The summed E-state index contributed by atoms with van der Waals surface area (Å²) < 4.78 is 0. The van der Waals surface area contributed by atoms with Crippen molar-refractivity contribution in [1.29, 1.82) is 0 Å². The van der Waals surface area contributed by atoms with Gasteiger partial charge in [-0.3, -0.25) is 0 Å². The van der Waals surface area contributed by atoms with E-state index in [1.165, 1.54) is 44.0 Å². The first-order valence-corrected chi connectivity index (χ1v) is 7.37. The van der Waals surface area contributed by atoms with E-state index in [9.17, 15) is 0 Å². The lowest BCUT2D eigenvalue weighted by atomic mass is 9.98. The first kappa shape index (κ1) is 13.3. The molecule has 1 aliphatic rings. The highest BCUT2D eigenvalue weighted by molar-refractivity contribution is 7.99. The Kier molecular flexibility index (Phi) is 6.69. The van der Waals surface area contributed by atoms with Crippen molar-refractivity contribution in [3.8, 4) is 0 Å². The number of nitrogens with zero attached hydrogens (tertiary/aromatic N) is 1. The van der Waals surface area contributed by atoms with Crippen molar-refractivity contribution >= 4 is 11.8 Å². The minimum Gasteiger partial charge on any atom is -0.313 e. The summed E-state index contributed by atoms with van der Waals surface area (Å²) in [5.74, 6) is 3.36. The summed E-state index contributed by atoms with van der Waals surface area (Å²) in [7, 11) is 2.24. The molecule has 1 aliphatic heterocycles. The Labute approximate surface area is 99.2 Å². The van der Waals surface area contributed by atoms with Crippen LogP contribution < -0.4 is 5.32 Å². The molecule has 0 saturated carbocycles. The third-order valence-corrected chi connectivity index (χ3v) is 4.19. The van der Waals surface area contributed by atoms with E-state index in [2.05, 4.69) is 31.1 Å². The van der Waals surface area contributed by atoms with Gasteiger partial charge in [-0.05, 0) is 51.6 Å². The van der Waals surface area contributed by atoms with Crippen molar-refractivity contribution in [3.63, 3.8) is 0 Å². The average Bonchev–Trinajstić information content (AvgIpc) is 2.23. The second-order valence-electron chi connectivity index (χ2n) is 4.74. The lowest BCUT2D eigenvalue weighted by Crippen LogP contribution is -2.40. The molecule has 3 heteroatoms. The van der Waals surface area contributed by atoms with Crippen LogP contribution in [-0.2, 0) is 0 Å². The second-order valence-corrected chi connectivity index (χ2v) is 6.06. The molecule has 0 spiro atoms. The third-order valence-electron chi connectivity index (χ3n) is 3.05. The molecular formula is C12H26N2S. The lowest BCUT2D eigenvalue weighted by Gasteiger charge is -2.30. The maximum absolute atomic E-state index is 3.66. The first-order valence-electron chi connectivity index (χ1n) is 6.22. The number of rotatable bonds is 6. The molecule has 0 aromatic carbocycles. The van der Waals surface area contributed by atoms with E-state index in [1.54, 1.807) is 0 Å². The number of nitrogens with one attached hydrogen (secondary N) is 1. The molecule has 1 heterocycles. The van der Waals surface area contributed by atoms with Crippen LogP contribution in [0.3, 0.4) is 0 Å². The van der Waals surface area contributed by atoms with Crippen LogP contribution in [0.15, 0.2) is 0 Å². The fraction of sp³-hybridized carbons (Fsp3) is 1.00. The van der Waals surface area contributed by atoms with E-state index in [0.29, 0.717) is 6.04 Å². The Morgan fingerprint density at radius 2 is 2.33 bits per heavy atom. The highest BCUT2D eigenvalue weighted by Crippen LogP contribution is 2.14. The summed E-state index contributed by atoms with van der Waals surface area (Å²) in [6, 6.07) is 0.669. The van der Waals surface area contributed by atoms with Gasteiger partial charge in [-0.25, -0.2) is 0 Å².